The zero-order chi connectivity index (χ0) is 47.4. The maximum absolute atomic E-state index is 11.0. The zero-order valence-corrected chi connectivity index (χ0v) is 50.7. The Morgan fingerprint density at radius 1 is 0.222 bits per heavy atom. The first-order chi connectivity index (χ1) is 30.5. The van der Waals surface area contributed by atoms with Gasteiger partial charge in [0.15, 0.2) is 0 Å². The second kappa shape index (κ2) is 55.1. The van der Waals surface area contributed by atoms with E-state index in [-0.39, 0.29) is 0 Å². The van der Waals surface area contributed by atoms with Crippen LogP contribution < -0.4 is 0 Å². The first-order valence-corrected chi connectivity index (χ1v) is 39.7. The van der Waals surface area contributed by atoms with Crippen molar-refractivity contribution in [1.82, 2.24) is 0 Å². The number of unbranched alkanes of at least 4 members (excludes halogenated alkanes) is 32. The third kappa shape index (κ3) is 56.7. The zero-order valence-electron chi connectivity index (χ0n) is 44.7. The van der Waals surface area contributed by atoms with Gasteiger partial charge in [0.2, 0.25) is 0 Å². The van der Waals surface area contributed by atoms with Gasteiger partial charge in [-0.15, -0.1) is 0 Å². The second-order valence-electron chi connectivity index (χ2n) is 20.1. The van der Waals surface area contributed by atoms with Gasteiger partial charge in [-0.25, -0.2) is 0 Å². The van der Waals surface area contributed by atoms with Crippen molar-refractivity contribution in [2.75, 3.05) is 49.3 Å². The second-order valence-corrected chi connectivity index (χ2v) is 38.3. The van der Waals surface area contributed by atoms with Crippen molar-refractivity contribution in [3.8, 4) is 0 Å². The molecule has 0 aromatic rings. The molecular formula is C56H120Br2CoF2P2. The molecule has 0 unspecified atom stereocenters. The van der Waals surface area contributed by atoms with E-state index in [9.17, 15) is 7.16 Å². The Morgan fingerprint density at radius 2 is 0.333 bits per heavy atom. The van der Waals surface area contributed by atoms with Crippen LogP contribution in [0.15, 0.2) is 0 Å². The van der Waals surface area contributed by atoms with Crippen molar-refractivity contribution in [2.45, 2.75) is 312 Å². The molecule has 0 atom stereocenters. The van der Waals surface area contributed by atoms with Crippen LogP contribution in [0.25, 0.3) is 0 Å². The molecule has 0 aromatic heterocycles. The van der Waals surface area contributed by atoms with Gasteiger partial charge in [0, 0.05) is 14.5 Å². The van der Waals surface area contributed by atoms with Crippen molar-refractivity contribution in [3.63, 3.8) is 0 Å². The SMILES string of the molecule is CCCCCCCCCCCCCCCC[P+](CCCC)(CCCC)CCCC.CCCCCCCCCCCCCCCC[P+](CCCC)(CCCC)CCCC.[F][Co-2]([F])([Br])[Br]. The molecule has 0 rings (SSSR count). The van der Waals surface area contributed by atoms with E-state index in [2.05, 4.69) is 83.7 Å². The van der Waals surface area contributed by atoms with Crippen LogP contribution in [0.1, 0.15) is 312 Å². The molecule has 0 fully saturated rings. The molecule has 0 saturated heterocycles. The Kier molecular flexibility index (Phi) is 60.8. The van der Waals surface area contributed by atoms with E-state index in [1.165, 1.54) is 244 Å². The molecule has 0 aliphatic carbocycles. The molecule has 7 heteroatoms. The molecule has 0 nitrogen and oxygen atoms in total. The molecule has 0 aliphatic rings. The number of hydrogen-bond acceptors (Lipinski definition) is 0. The summed E-state index contributed by atoms with van der Waals surface area (Å²) in [6.07, 6.45) is 71.9. The summed E-state index contributed by atoms with van der Waals surface area (Å²) >= 11 is 4.14. The van der Waals surface area contributed by atoms with Gasteiger partial charge in [-0.05, 0) is 64.2 Å². The fourth-order valence-corrected chi connectivity index (χ4v) is 20.0. The molecule has 63 heavy (non-hydrogen) atoms. The van der Waals surface area contributed by atoms with Crippen molar-refractivity contribution >= 4 is 42.9 Å². The summed E-state index contributed by atoms with van der Waals surface area (Å²) in [5.74, 6) is 0. The van der Waals surface area contributed by atoms with Crippen LogP contribution in [0, 0.1) is 0 Å². The van der Waals surface area contributed by atoms with Gasteiger partial charge in [-0.2, -0.15) is 0 Å². The average Bonchev–Trinajstić information content (AvgIpc) is 3.26. The fourth-order valence-electron chi connectivity index (χ4n) is 9.59. The molecule has 391 valence electrons. The average molecular weight is 1110 g/mol. The van der Waals surface area contributed by atoms with Gasteiger partial charge in [-0.3, -0.25) is 0 Å². The van der Waals surface area contributed by atoms with E-state index in [1.54, 1.807) is 62.1 Å². The van der Waals surface area contributed by atoms with Gasteiger partial charge in [-0.1, -0.05) is 248 Å². The van der Waals surface area contributed by atoms with Crippen molar-refractivity contribution in [2.24, 2.45) is 0 Å². The molecule has 0 aliphatic heterocycles. The van der Waals surface area contributed by atoms with Gasteiger partial charge < -0.3 is 0 Å². The van der Waals surface area contributed by atoms with Gasteiger partial charge >= 0.3 is 45.4 Å². The molecule has 0 saturated carbocycles. The molecule has 0 spiro atoms. The number of hydrogen-bond donors (Lipinski definition) is 0. The maximum atomic E-state index is 11.0. The Labute approximate surface area is 418 Å². The van der Waals surface area contributed by atoms with Gasteiger partial charge in [0.05, 0.1) is 49.3 Å². The van der Waals surface area contributed by atoms with E-state index < -0.39 is 24.5 Å². The van der Waals surface area contributed by atoms with E-state index in [0.29, 0.717) is 0 Å². The number of rotatable bonds is 48. The van der Waals surface area contributed by atoms with Crippen LogP contribution in [0.3, 0.4) is 0 Å². The molecule has 0 N–H and O–H groups in total. The van der Waals surface area contributed by atoms with Crippen molar-refractivity contribution in [3.05, 3.63) is 0 Å². The predicted octanol–water partition coefficient (Wildman–Crippen LogP) is 24.3. The Balaban J connectivity index is -0.00000103. The van der Waals surface area contributed by atoms with Crippen LogP contribution >= 0.6 is 42.9 Å². The van der Waals surface area contributed by atoms with Crippen molar-refractivity contribution in [1.29, 1.82) is 0 Å². The first kappa shape index (κ1) is 69.4. The Morgan fingerprint density at radius 3 is 0.476 bits per heavy atom. The van der Waals surface area contributed by atoms with Gasteiger partial charge in [0.25, 0.3) is 0 Å². The molecule has 0 heterocycles. The van der Waals surface area contributed by atoms with Crippen molar-refractivity contribution < 1.29 is 17.1 Å². The van der Waals surface area contributed by atoms with Gasteiger partial charge in [0.1, 0.15) is 0 Å². The summed E-state index contributed by atoms with van der Waals surface area (Å²) in [6.45, 7) is 19.0. The molecular weight excluding hydrogens is 991 g/mol. The topological polar surface area (TPSA) is 0 Å². The summed E-state index contributed by atoms with van der Waals surface area (Å²) < 4.78 is 21.9. The summed E-state index contributed by atoms with van der Waals surface area (Å²) in [7, 11) is -5.01. The quantitative estimate of drug-likeness (QED) is 0.0421. The minimum absolute atomic E-state index is 0.630. The van der Waals surface area contributed by atoms with Crippen LogP contribution in [-0.2, 0) is 9.93 Å². The monoisotopic (exact) mass is 1110 g/mol. The number of halogens is 4. The third-order valence-electron chi connectivity index (χ3n) is 13.9. The van der Waals surface area contributed by atoms with E-state index in [1.807, 2.05) is 0 Å². The normalized spacial score (nSPS) is 12.3. The fraction of sp³-hybridized carbons (Fsp3) is 1.00. The summed E-state index contributed by atoms with van der Waals surface area (Å²) in [5, 5.41) is 0. The molecule has 0 radical (unpaired) electrons. The summed E-state index contributed by atoms with van der Waals surface area (Å²) in [5.41, 5.74) is 0. The minimum atomic E-state index is -3.75. The molecule has 0 bridgehead atoms. The molecule has 0 aromatic carbocycles. The standard InChI is InChI=1S/2C28H60P.2BrH.Co.2FH/c2*1-5-9-13-14-15-16-17-18-19-20-21-22-23-24-28-29(25-10-6-2,26-11-7-3)27-12-8-4;;;;;/h2*5-28H2,1-4H3;2*1H;;2*1H/q2*+1;;;+2;;/p-4. The van der Waals surface area contributed by atoms with E-state index in [0.717, 1.165) is 0 Å². The van der Waals surface area contributed by atoms with Crippen LogP contribution in [0.4, 0.5) is 7.16 Å². The Hall–Kier alpha value is 2.19. The third-order valence-corrected chi connectivity index (χ3v) is 24.0. The van der Waals surface area contributed by atoms with E-state index >= 15 is 0 Å². The van der Waals surface area contributed by atoms with Crippen LogP contribution in [0.2, 0.25) is 0 Å². The van der Waals surface area contributed by atoms with Crippen LogP contribution in [0.5, 0.6) is 0 Å². The predicted molar refractivity (Wildman–Crippen MR) is 303 cm³/mol. The first-order valence-electron chi connectivity index (χ1n) is 28.7. The van der Waals surface area contributed by atoms with E-state index in [4.69, 9.17) is 0 Å². The summed E-state index contributed by atoms with van der Waals surface area (Å²) in [6, 6.07) is 0. The van der Waals surface area contributed by atoms with Crippen LogP contribution in [-0.4, -0.2) is 49.3 Å². The Bertz CT molecular complexity index is 720. The molecule has 0 amide bonds. The summed E-state index contributed by atoms with van der Waals surface area (Å²) in [4.78, 5) is 0.